The molecule has 0 saturated carbocycles. The van der Waals surface area contributed by atoms with Crippen LogP contribution in [0.15, 0.2) is 0 Å². The highest BCUT2D eigenvalue weighted by Gasteiger charge is 2.24. The predicted octanol–water partition coefficient (Wildman–Crippen LogP) is 0.542. The minimum absolute atomic E-state index is 0.169. The first-order valence-corrected chi connectivity index (χ1v) is 5.76. The molecule has 4 nitrogen and oxygen atoms in total. The highest BCUT2D eigenvalue weighted by atomic mass is 16.5. The number of nitrogens with one attached hydrogen (secondary N) is 1. The number of hydrogen-bond acceptors (Lipinski definition) is 4. The molecule has 0 radical (unpaired) electrons. The van der Waals surface area contributed by atoms with Crippen molar-refractivity contribution in [3.8, 4) is 0 Å². The van der Waals surface area contributed by atoms with Crippen LogP contribution in [0.2, 0.25) is 0 Å². The van der Waals surface area contributed by atoms with Crippen LogP contribution in [0.4, 0.5) is 0 Å². The summed E-state index contributed by atoms with van der Waals surface area (Å²) in [5.74, 6) is 0. The molecular weight excluding hydrogens is 194 g/mol. The topological polar surface area (TPSA) is 50.7 Å². The van der Waals surface area contributed by atoms with Crippen molar-refractivity contribution in [1.29, 1.82) is 0 Å². The van der Waals surface area contributed by atoms with Gasteiger partial charge in [0.1, 0.15) is 0 Å². The molecule has 0 aromatic carbocycles. The summed E-state index contributed by atoms with van der Waals surface area (Å²) in [6.45, 7) is 7.23. The Kier molecular flexibility index (Phi) is 5.53. The van der Waals surface area contributed by atoms with E-state index in [0.29, 0.717) is 19.8 Å². The van der Waals surface area contributed by atoms with Gasteiger partial charge in [-0.1, -0.05) is 6.92 Å². The Hall–Kier alpha value is -0.160. The standard InChI is InChI=1S/C11H23NO3/c1-3-5-12-8-11(2,13)9-15-10-4-6-14-7-10/h10,12-13H,3-9H2,1-2H3. The second-order valence-corrected chi connectivity index (χ2v) is 4.47. The summed E-state index contributed by atoms with van der Waals surface area (Å²) in [7, 11) is 0. The molecular formula is C11H23NO3. The van der Waals surface area contributed by atoms with Crippen LogP contribution in [0.1, 0.15) is 26.7 Å². The van der Waals surface area contributed by atoms with Gasteiger partial charge in [-0.15, -0.1) is 0 Å². The fourth-order valence-corrected chi connectivity index (χ4v) is 1.53. The van der Waals surface area contributed by atoms with Gasteiger partial charge >= 0.3 is 0 Å². The number of ether oxygens (including phenoxy) is 2. The Balaban J connectivity index is 2.10. The lowest BCUT2D eigenvalue weighted by Crippen LogP contribution is -2.43. The van der Waals surface area contributed by atoms with E-state index >= 15 is 0 Å². The monoisotopic (exact) mass is 217 g/mol. The van der Waals surface area contributed by atoms with E-state index in [1.807, 2.05) is 0 Å². The average molecular weight is 217 g/mol. The molecule has 2 atom stereocenters. The molecule has 2 N–H and O–H groups in total. The minimum atomic E-state index is -0.780. The first kappa shape index (κ1) is 12.9. The maximum Gasteiger partial charge on any atom is 0.0975 e. The third-order valence-corrected chi connectivity index (χ3v) is 2.45. The van der Waals surface area contributed by atoms with Crippen LogP contribution in [0.5, 0.6) is 0 Å². The van der Waals surface area contributed by atoms with Gasteiger partial charge in [-0.25, -0.2) is 0 Å². The Morgan fingerprint density at radius 3 is 3.00 bits per heavy atom. The van der Waals surface area contributed by atoms with Crippen molar-refractivity contribution in [3.05, 3.63) is 0 Å². The molecule has 1 fully saturated rings. The highest BCUT2D eigenvalue weighted by molar-refractivity contribution is 4.76. The van der Waals surface area contributed by atoms with E-state index in [0.717, 1.165) is 26.0 Å². The van der Waals surface area contributed by atoms with Gasteiger partial charge in [0.15, 0.2) is 0 Å². The summed E-state index contributed by atoms with van der Waals surface area (Å²) in [5.41, 5.74) is -0.780. The van der Waals surface area contributed by atoms with Crippen LogP contribution in [0.3, 0.4) is 0 Å². The minimum Gasteiger partial charge on any atom is -0.386 e. The van der Waals surface area contributed by atoms with Gasteiger partial charge in [0.2, 0.25) is 0 Å². The van der Waals surface area contributed by atoms with E-state index in [4.69, 9.17) is 9.47 Å². The normalized spacial score (nSPS) is 25.4. The van der Waals surface area contributed by atoms with Crippen molar-refractivity contribution in [2.24, 2.45) is 0 Å². The molecule has 4 heteroatoms. The summed E-state index contributed by atoms with van der Waals surface area (Å²) >= 11 is 0. The van der Waals surface area contributed by atoms with Crippen LogP contribution in [-0.2, 0) is 9.47 Å². The molecule has 0 aromatic heterocycles. The van der Waals surface area contributed by atoms with Gasteiger partial charge in [-0.05, 0) is 26.3 Å². The van der Waals surface area contributed by atoms with Gasteiger partial charge in [0.25, 0.3) is 0 Å². The van der Waals surface area contributed by atoms with E-state index in [1.165, 1.54) is 0 Å². The SMILES string of the molecule is CCCNCC(C)(O)COC1CCOC1. The summed E-state index contributed by atoms with van der Waals surface area (Å²) in [6, 6.07) is 0. The second-order valence-electron chi connectivity index (χ2n) is 4.47. The van der Waals surface area contributed by atoms with E-state index < -0.39 is 5.60 Å². The maximum atomic E-state index is 9.97. The smallest absolute Gasteiger partial charge is 0.0975 e. The maximum absolute atomic E-state index is 9.97. The number of hydrogen-bond donors (Lipinski definition) is 2. The van der Waals surface area contributed by atoms with Crippen LogP contribution in [0.25, 0.3) is 0 Å². The lowest BCUT2D eigenvalue weighted by molar-refractivity contribution is -0.0620. The third-order valence-electron chi connectivity index (χ3n) is 2.45. The zero-order chi connectivity index (χ0) is 11.1. The van der Waals surface area contributed by atoms with E-state index in [1.54, 1.807) is 6.92 Å². The number of aliphatic hydroxyl groups is 1. The van der Waals surface area contributed by atoms with Gasteiger partial charge in [0.05, 0.1) is 24.9 Å². The van der Waals surface area contributed by atoms with E-state index in [2.05, 4.69) is 12.2 Å². The lowest BCUT2D eigenvalue weighted by atomic mass is 10.1. The summed E-state index contributed by atoms with van der Waals surface area (Å²) in [4.78, 5) is 0. The zero-order valence-electron chi connectivity index (χ0n) is 9.79. The molecule has 0 aromatic rings. The average Bonchev–Trinajstić information content (AvgIpc) is 2.68. The quantitative estimate of drug-likeness (QED) is 0.611. The van der Waals surface area contributed by atoms with E-state index in [-0.39, 0.29) is 6.10 Å². The van der Waals surface area contributed by atoms with Crippen molar-refractivity contribution in [2.75, 3.05) is 32.9 Å². The van der Waals surface area contributed by atoms with Gasteiger partial charge in [-0.3, -0.25) is 0 Å². The first-order chi connectivity index (χ1) is 7.14. The molecule has 1 aliphatic heterocycles. The molecule has 0 aliphatic carbocycles. The Bertz CT molecular complexity index is 167. The van der Waals surface area contributed by atoms with Crippen LogP contribution in [-0.4, -0.2) is 49.7 Å². The first-order valence-electron chi connectivity index (χ1n) is 5.76. The molecule has 0 amide bonds. The fraction of sp³-hybridized carbons (Fsp3) is 1.00. The van der Waals surface area contributed by atoms with E-state index in [9.17, 15) is 5.11 Å². The predicted molar refractivity (Wildman–Crippen MR) is 59.0 cm³/mol. The molecule has 1 aliphatic rings. The van der Waals surface area contributed by atoms with Crippen molar-refractivity contribution < 1.29 is 14.6 Å². The molecule has 0 bridgehead atoms. The lowest BCUT2D eigenvalue weighted by Gasteiger charge is -2.25. The Labute approximate surface area is 92.0 Å². The molecule has 15 heavy (non-hydrogen) atoms. The Morgan fingerprint density at radius 2 is 2.40 bits per heavy atom. The molecule has 90 valence electrons. The van der Waals surface area contributed by atoms with Gasteiger partial charge < -0.3 is 19.9 Å². The zero-order valence-corrected chi connectivity index (χ0v) is 9.79. The van der Waals surface area contributed by atoms with Crippen LogP contribution < -0.4 is 5.32 Å². The molecule has 0 spiro atoms. The van der Waals surface area contributed by atoms with Crippen LogP contribution >= 0.6 is 0 Å². The summed E-state index contributed by atoms with van der Waals surface area (Å²) in [6.07, 6.45) is 2.19. The highest BCUT2D eigenvalue weighted by Crippen LogP contribution is 2.11. The largest absolute Gasteiger partial charge is 0.386 e. The van der Waals surface area contributed by atoms with Crippen molar-refractivity contribution in [2.45, 2.75) is 38.4 Å². The van der Waals surface area contributed by atoms with Crippen molar-refractivity contribution in [1.82, 2.24) is 5.32 Å². The Morgan fingerprint density at radius 1 is 1.60 bits per heavy atom. The molecule has 2 unspecified atom stereocenters. The second kappa shape index (κ2) is 6.43. The van der Waals surface area contributed by atoms with Crippen LogP contribution in [0, 0.1) is 0 Å². The fourth-order valence-electron chi connectivity index (χ4n) is 1.53. The van der Waals surface area contributed by atoms with Crippen molar-refractivity contribution in [3.63, 3.8) is 0 Å². The third kappa shape index (κ3) is 5.47. The molecule has 1 heterocycles. The van der Waals surface area contributed by atoms with Crippen molar-refractivity contribution >= 4 is 0 Å². The number of rotatable bonds is 7. The van der Waals surface area contributed by atoms with Gasteiger partial charge in [-0.2, -0.15) is 0 Å². The summed E-state index contributed by atoms with van der Waals surface area (Å²) in [5, 5.41) is 13.2. The summed E-state index contributed by atoms with van der Waals surface area (Å²) < 4.78 is 10.8. The molecule has 1 rings (SSSR count). The van der Waals surface area contributed by atoms with Gasteiger partial charge in [0, 0.05) is 13.2 Å². The molecule has 1 saturated heterocycles.